The van der Waals surface area contributed by atoms with Crippen molar-refractivity contribution in [2.45, 2.75) is 19.1 Å². The predicted molar refractivity (Wildman–Crippen MR) is 89.0 cm³/mol. The zero-order valence-electron chi connectivity index (χ0n) is 12.2. The summed E-state index contributed by atoms with van der Waals surface area (Å²) in [6.07, 6.45) is -0.578. The zero-order chi connectivity index (χ0) is 16.7. The summed E-state index contributed by atoms with van der Waals surface area (Å²) in [5, 5.41) is 11.6. The Morgan fingerprint density at radius 2 is 1.78 bits per heavy atom. The van der Waals surface area contributed by atoms with Gasteiger partial charge in [-0.15, -0.1) is 0 Å². The Balaban J connectivity index is 1.91. The van der Waals surface area contributed by atoms with Gasteiger partial charge in [0, 0.05) is 10.9 Å². The second-order valence-corrected chi connectivity index (χ2v) is 5.85. The molecule has 2 N–H and O–H groups in total. The smallest absolute Gasteiger partial charge is 0.408 e. The van der Waals surface area contributed by atoms with E-state index < -0.39 is 18.1 Å². The predicted octanol–water partition coefficient (Wildman–Crippen LogP) is 3.37. The van der Waals surface area contributed by atoms with Gasteiger partial charge < -0.3 is 15.2 Å². The number of carbonyl (C=O) groups is 2. The Morgan fingerprint density at radius 1 is 1.09 bits per heavy atom. The van der Waals surface area contributed by atoms with Gasteiger partial charge in [0.15, 0.2) is 0 Å². The molecule has 0 aromatic heterocycles. The maximum Gasteiger partial charge on any atom is 0.408 e. The summed E-state index contributed by atoms with van der Waals surface area (Å²) in [4.78, 5) is 23.1. The van der Waals surface area contributed by atoms with Gasteiger partial charge in [0.1, 0.15) is 12.6 Å². The van der Waals surface area contributed by atoms with Gasteiger partial charge in [0.05, 0.1) is 0 Å². The molecule has 1 amide bonds. The van der Waals surface area contributed by atoms with E-state index in [0.29, 0.717) is 0 Å². The van der Waals surface area contributed by atoms with Gasteiger partial charge in [0.25, 0.3) is 0 Å². The summed E-state index contributed by atoms with van der Waals surface area (Å²) in [7, 11) is 0. The second-order valence-electron chi connectivity index (χ2n) is 4.93. The van der Waals surface area contributed by atoms with Gasteiger partial charge in [-0.05, 0) is 23.3 Å². The minimum atomic E-state index is -1.11. The molecule has 2 aromatic rings. The van der Waals surface area contributed by atoms with E-state index >= 15 is 0 Å². The van der Waals surface area contributed by atoms with Crippen LogP contribution in [0.5, 0.6) is 0 Å². The number of hydrogen-bond donors (Lipinski definition) is 2. The van der Waals surface area contributed by atoms with Crippen molar-refractivity contribution in [3.63, 3.8) is 0 Å². The van der Waals surface area contributed by atoms with Crippen molar-refractivity contribution in [1.29, 1.82) is 0 Å². The molecule has 5 nitrogen and oxygen atoms in total. The summed E-state index contributed by atoms with van der Waals surface area (Å²) in [5.74, 6) is -1.11. The molecule has 23 heavy (non-hydrogen) atoms. The molecule has 0 heterocycles. The highest BCUT2D eigenvalue weighted by molar-refractivity contribution is 9.10. The van der Waals surface area contributed by atoms with Crippen molar-refractivity contribution in [3.05, 3.63) is 70.2 Å². The fraction of sp³-hybridized carbons (Fsp3) is 0.176. The first-order valence-corrected chi connectivity index (χ1v) is 7.78. The van der Waals surface area contributed by atoms with E-state index in [1.807, 2.05) is 48.5 Å². The number of amides is 1. The van der Waals surface area contributed by atoms with Crippen LogP contribution < -0.4 is 5.32 Å². The van der Waals surface area contributed by atoms with Gasteiger partial charge in [-0.3, -0.25) is 0 Å². The van der Waals surface area contributed by atoms with Gasteiger partial charge in [-0.25, -0.2) is 9.59 Å². The van der Waals surface area contributed by atoms with Crippen LogP contribution in [-0.2, 0) is 22.6 Å². The standard InChI is InChI=1S/C17H16BrNO4/c18-14-8-4-7-13(9-14)10-15(16(20)21)19-17(22)23-11-12-5-2-1-3-6-12/h1-9,15H,10-11H2,(H,19,22)(H,20,21). The number of carboxylic acid groups (broad SMARTS) is 1. The lowest BCUT2D eigenvalue weighted by Crippen LogP contribution is -2.42. The number of nitrogens with one attached hydrogen (secondary N) is 1. The highest BCUT2D eigenvalue weighted by Gasteiger charge is 2.21. The highest BCUT2D eigenvalue weighted by atomic mass is 79.9. The average Bonchev–Trinajstić information content (AvgIpc) is 2.53. The highest BCUT2D eigenvalue weighted by Crippen LogP contribution is 2.13. The Bertz CT molecular complexity index is 675. The molecule has 0 radical (unpaired) electrons. The van der Waals surface area contributed by atoms with Crippen LogP contribution in [0.4, 0.5) is 4.79 Å². The first-order chi connectivity index (χ1) is 11.0. The number of carbonyl (C=O) groups excluding carboxylic acids is 1. The molecule has 2 rings (SSSR count). The van der Waals surface area contributed by atoms with E-state index in [1.165, 1.54) is 0 Å². The lowest BCUT2D eigenvalue weighted by atomic mass is 10.1. The SMILES string of the molecule is O=C(NC(Cc1cccc(Br)c1)C(=O)O)OCc1ccccc1. The number of rotatable bonds is 6. The summed E-state index contributed by atoms with van der Waals surface area (Å²) < 4.78 is 5.90. The van der Waals surface area contributed by atoms with E-state index in [2.05, 4.69) is 21.2 Å². The maximum absolute atomic E-state index is 11.8. The lowest BCUT2D eigenvalue weighted by molar-refractivity contribution is -0.139. The molecule has 0 saturated carbocycles. The fourth-order valence-corrected chi connectivity index (χ4v) is 2.45. The first kappa shape index (κ1) is 17.0. The Hall–Kier alpha value is -2.34. The number of halogens is 1. The van der Waals surface area contributed by atoms with Crippen LogP contribution in [0, 0.1) is 0 Å². The molecule has 120 valence electrons. The normalized spacial score (nSPS) is 11.5. The summed E-state index contributed by atoms with van der Waals surface area (Å²) in [6.45, 7) is 0.0932. The Labute approximate surface area is 142 Å². The molecule has 0 saturated heterocycles. The van der Waals surface area contributed by atoms with Gasteiger partial charge >= 0.3 is 12.1 Å². The molecule has 2 aromatic carbocycles. The number of carboxylic acids is 1. The van der Waals surface area contributed by atoms with Crippen molar-refractivity contribution in [2.24, 2.45) is 0 Å². The van der Waals surface area contributed by atoms with E-state index in [9.17, 15) is 14.7 Å². The Morgan fingerprint density at radius 3 is 2.43 bits per heavy atom. The quantitative estimate of drug-likeness (QED) is 0.808. The monoisotopic (exact) mass is 377 g/mol. The number of aliphatic carboxylic acids is 1. The second kappa shape index (κ2) is 8.33. The van der Waals surface area contributed by atoms with Gasteiger partial charge in [-0.2, -0.15) is 0 Å². The summed E-state index contributed by atoms with van der Waals surface area (Å²) in [5.41, 5.74) is 1.64. The van der Waals surface area contributed by atoms with Crippen LogP contribution in [0.1, 0.15) is 11.1 Å². The fourth-order valence-electron chi connectivity index (χ4n) is 2.01. The molecule has 0 spiro atoms. The number of benzene rings is 2. The van der Waals surface area contributed by atoms with Crippen LogP contribution in [0.15, 0.2) is 59.1 Å². The average molecular weight is 378 g/mol. The van der Waals surface area contributed by atoms with E-state index in [0.717, 1.165) is 15.6 Å². The molecule has 0 fully saturated rings. The van der Waals surface area contributed by atoms with Crippen molar-refractivity contribution >= 4 is 28.0 Å². The number of alkyl carbamates (subject to hydrolysis) is 1. The minimum Gasteiger partial charge on any atom is -0.480 e. The van der Waals surface area contributed by atoms with Crippen LogP contribution in [-0.4, -0.2) is 23.2 Å². The number of hydrogen-bond acceptors (Lipinski definition) is 3. The lowest BCUT2D eigenvalue weighted by Gasteiger charge is -2.15. The maximum atomic E-state index is 11.8. The van der Waals surface area contributed by atoms with Crippen LogP contribution in [0.25, 0.3) is 0 Å². The third-order valence-electron chi connectivity index (χ3n) is 3.13. The third kappa shape index (κ3) is 5.75. The molecular weight excluding hydrogens is 362 g/mol. The van der Waals surface area contributed by atoms with Gasteiger partial charge in [-0.1, -0.05) is 58.4 Å². The molecule has 1 unspecified atom stereocenters. The molecule has 0 aliphatic heterocycles. The van der Waals surface area contributed by atoms with E-state index in [1.54, 1.807) is 6.07 Å². The number of ether oxygens (including phenoxy) is 1. The van der Waals surface area contributed by atoms with E-state index in [4.69, 9.17) is 4.74 Å². The minimum absolute atomic E-state index is 0.0932. The third-order valence-corrected chi connectivity index (χ3v) is 3.63. The summed E-state index contributed by atoms with van der Waals surface area (Å²) in [6, 6.07) is 15.4. The van der Waals surface area contributed by atoms with Crippen molar-refractivity contribution in [3.8, 4) is 0 Å². The largest absolute Gasteiger partial charge is 0.480 e. The molecule has 0 aliphatic rings. The van der Waals surface area contributed by atoms with Crippen molar-refractivity contribution < 1.29 is 19.4 Å². The molecule has 6 heteroatoms. The van der Waals surface area contributed by atoms with Gasteiger partial charge in [0.2, 0.25) is 0 Å². The zero-order valence-corrected chi connectivity index (χ0v) is 13.8. The van der Waals surface area contributed by atoms with Crippen molar-refractivity contribution in [1.82, 2.24) is 5.32 Å². The summed E-state index contributed by atoms with van der Waals surface area (Å²) >= 11 is 3.33. The van der Waals surface area contributed by atoms with Crippen LogP contribution in [0.3, 0.4) is 0 Å². The molecular formula is C17H16BrNO4. The molecule has 0 bridgehead atoms. The molecule has 1 atom stereocenters. The van der Waals surface area contributed by atoms with Crippen molar-refractivity contribution in [2.75, 3.05) is 0 Å². The van der Waals surface area contributed by atoms with Crippen LogP contribution in [0.2, 0.25) is 0 Å². The van der Waals surface area contributed by atoms with E-state index in [-0.39, 0.29) is 13.0 Å². The topological polar surface area (TPSA) is 75.6 Å². The van der Waals surface area contributed by atoms with Crippen LogP contribution >= 0.6 is 15.9 Å². The molecule has 0 aliphatic carbocycles. The Kier molecular flexibility index (Phi) is 6.17. The first-order valence-electron chi connectivity index (χ1n) is 6.99.